The predicted molar refractivity (Wildman–Crippen MR) is 65.3 cm³/mol. The first-order valence-electron chi connectivity index (χ1n) is 5.51. The van der Waals surface area contributed by atoms with Crippen LogP contribution in [0.3, 0.4) is 0 Å². The quantitative estimate of drug-likeness (QED) is 0.344. The number of ether oxygens (including phenoxy) is 1. The van der Waals surface area contributed by atoms with Crippen LogP contribution >= 0.6 is 0 Å². The fourth-order valence-corrected chi connectivity index (χ4v) is 1.45. The van der Waals surface area contributed by atoms with E-state index in [0.717, 1.165) is 0 Å². The van der Waals surface area contributed by atoms with Crippen molar-refractivity contribution in [3.63, 3.8) is 0 Å². The molecule has 1 aromatic heterocycles. The molecule has 0 saturated heterocycles. The number of pyridine rings is 1. The van der Waals surface area contributed by atoms with Crippen molar-refractivity contribution in [3.8, 4) is 0 Å². The standard InChI is InChI=1S/C11H14N4O3/c1-3-18-11(17)9-5-4-6-15(10(9)16)7-8(2)13-14-12/h4-6,8H,3,7H2,1-2H3/t8-/m0/s1. The van der Waals surface area contributed by atoms with Crippen LogP contribution in [0.1, 0.15) is 24.2 Å². The van der Waals surface area contributed by atoms with Gasteiger partial charge < -0.3 is 9.30 Å². The van der Waals surface area contributed by atoms with E-state index in [0.29, 0.717) is 0 Å². The summed E-state index contributed by atoms with van der Waals surface area (Å²) in [4.78, 5) is 26.1. The second-order valence-electron chi connectivity index (χ2n) is 3.65. The Kier molecular flexibility index (Phi) is 4.95. The third kappa shape index (κ3) is 3.36. The summed E-state index contributed by atoms with van der Waals surface area (Å²) in [6.45, 7) is 3.78. The Hall–Kier alpha value is -2.27. The number of azide groups is 1. The van der Waals surface area contributed by atoms with Gasteiger partial charge in [0.05, 0.1) is 12.6 Å². The number of carbonyl (C=O) groups is 1. The molecule has 0 unspecified atom stereocenters. The average molecular weight is 250 g/mol. The number of esters is 1. The number of aromatic nitrogens is 1. The van der Waals surface area contributed by atoms with Crippen molar-refractivity contribution >= 4 is 5.97 Å². The first-order valence-corrected chi connectivity index (χ1v) is 5.51. The second-order valence-corrected chi connectivity index (χ2v) is 3.65. The number of carbonyl (C=O) groups excluding carboxylic acids is 1. The van der Waals surface area contributed by atoms with Gasteiger partial charge in [0.15, 0.2) is 0 Å². The Morgan fingerprint density at radius 3 is 3.00 bits per heavy atom. The fourth-order valence-electron chi connectivity index (χ4n) is 1.45. The molecule has 0 saturated carbocycles. The van der Waals surface area contributed by atoms with Crippen LogP contribution in [0, 0.1) is 0 Å². The lowest BCUT2D eigenvalue weighted by atomic mass is 10.2. The zero-order valence-corrected chi connectivity index (χ0v) is 10.2. The molecule has 1 heterocycles. The van der Waals surface area contributed by atoms with Gasteiger partial charge in [-0.25, -0.2) is 4.79 Å². The summed E-state index contributed by atoms with van der Waals surface area (Å²) >= 11 is 0. The van der Waals surface area contributed by atoms with Crippen LogP contribution < -0.4 is 5.56 Å². The van der Waals surface area contributed by atoms with Crippen LogP contribution in [0.2, 0.25) is 0 Å². The van der Waals surface area contributed by atoms with Gasteiger partial charge in [0.25, 0.3) is 5.56 Å². The maximum Gasteiger partial charge on any atom is 0.343 e. The molecule has 0 bridgehead atoms. The van der Waals surface area contributed by atoms with Crippen molar-refractivity contribution in [1.82, 2.24) is 4.57 Å². The van der Waals surface area contributed by atoms with E-state index in [1.165, 1.54) is 16.8 Å². The molecule has 7 heteroatoms. The minimum absolute atomic E-state index is 0.0208. The lowest BCUT2D eigenvalue weighted by Crippen LogP contribution is -2.29. The molecule has 0 aromatic carbocycles. The van der Waals surface area contributed by atoms with Gasteiger partial charge in [0.1, 0.15) is 5.56 Å². The first kappa shape index (κ1) is 13.8. The van der Waals surface area contributed by atoms with Crippen molar-refractivity contribution < 1.29 is 9.53 Å². The van der Waals surface area contributed by atoms with E-state index in [1.54, 1.807) is 19.9 Å². The van der Waals surface area contributed by atoms with Gasteiger partial charge in [-0.1, -0.05) is 12.0 Å². The van der Waals surface area contributed by atoms with Crippen molar-refractivity contribution in [3.05, 3.63) is 44.7 Å². The number of rotatable bonds is 5. The summed E-state index contributed by atoms with van der Waals surface area (Å²) in [6, 6.07) is 2.62. The van der Waals surface area contributed by atoms with Gasteiger partial charge in [-0.15, -0.1) is 0 Å². The van der Waals surface area contributed by atoms with Crippen LogP contribution in [-0.4, -0.2) is 23.2 Å². The van der Waals surface area contributed by atoms with Crippen LogP contribution in [-0.2, 0) is 11.3 Å². The largest absolute Gasteiger partial charge is 0.462 e. The zero-order valence-electron chi connectivity index (χ0n) is 10.2. The van der Waals surface area contributed by atoms with Gasteiger partial charge in [-0.05, 0) is 24.6 Å². The summed E-state index contributed by atoms with van der Waals surface area (Å²) in [7, 11) is 0. The highest BCUT2D eigenvalue weighted by molar-refractivity contribution is 5.88. The molecule has 0 N–H and O–H groups in total. The second kappa shape index (κ2) is 6.46. The molecule has 0 amide bonds. The van der Waals surface area contributed by atoms with Crippen LogP contribution in [0.25, 0.3) is 10.4 Å². The van der Waals surface area contributed by atoms with E-state index < -0.39 is 11.5 Å². The molecule has 1 atom stereocenters. The highest BCUT2D eigenvalue weighted by Crippen LogP contribution is 1.99. The molecule has 0 aliphatic carbocycles. The Balaban J connectivity index is 3.02. The molecule has 18 heavy (non-hydrogen) atoms. The van der Waals surface area contributed by atoms with Crippen molar-refractivity contribution in [2.45, 2.75) is 26.4 Å². The van der Waals surface area contributed by atoms with Gasteiger partial charge in [0, 0.05) is 17.7 Å². The Bertz CT molecular complexity index is 531. The molecule has 1 aromatic rings. The van der Waals surface area contributed by atoms with Crippen LogP contribution in [0.15, 0.2) is 28.2 Å². The zero-order chi connectivity index (χ0) is 13.5. The normalized spacial score (nSPS) is 11.4. The van der Waals surface area contributed by atoms with Crippen molar-refractivity contribution in [2.24, 2.45) is 5.11 Å². The third-order valence-electron chi connectivity index (χ3n) is 2.23. The minimum atomic E-state index is -0.645. The van der Waals surface area contributed by atoms with Crippen molar-refractivity contribution in [2.75, 3.05) is 6.61 Å². The molecule has 96 valence electrons. The number of hydrogen-bond acceptors (Lipinski definition) is 4. The maximum absolute atomic E-state index is 12.0. The van der Waals surface area contributed by atoms with E-state index in [1.807, 2.05) is 0 Å². The molecule has 7 nitrogen and oxygen atoms in total. The Morgan fingerprint density at radius 2 is 2.39 bits per heavy atom. The lowest BCUT2D eigenvalue weighted by Gasteiger charge is -2.09. The number of nitrogens with zero attached hydrogens (tertiary/aromatic N) is 4. The smallest absolute Gasteiger partial charge is 0.343 e. The molecular formula is C11H14N4O3. The predicted octanol–water partition coefficient (Wildman–Crippen LogP) is 1.72. The molecule has 0 fully saturated rings. The van der Waals surface area contributed by atoms with E-state index >= 15 is 0 Å². The van der Waals surface area contributed by atoms with Gasteiger partial charge >= 0.3 is 5.97 Å². The van der Waals surface area contributed by atoms with Crippen LogP contribution in [0.4, 0.5) is 0 Å². The fraction of sp³-hybridized carbons (Fsp3) is 0.455. The lowest BCUT2D eigenvalue weighted by molar-refractivity contribution is 0.0523. The van der Waals surface area contributed by atoms with Gasteiger partial charge in [-0.2, -0.15) is 0 Å². The molecule has 0 spiro atoms. The topological polar surface area (TPSA) is 97.1 Å². The average Bonchev–Trinajstić information content (AvgIpc) is 2.32. The molecular weight excluding hydrogens is 236 g/mol. The maximum atomic E-state index is 12.0. The highest BCUT2D eigenvalue weighted by Gasteiger charge is 2.13. The summed E-state index contributed by atoms with van der Waals surface area (Å²) in [6.07, 6.45) is 1.54. The van der Waals surface area contributed by atoms with Gasteiger partial charge in [-0.3, -0.25) is 4.79 Å². The molecule has 0 radical (unpaired) electrons. The minimum Gasteiger partial charge on any atom is -0.462 e. The Morgan fingerprint density at radius 1 is 1.67 bits per heavy atom. The highest BCUT2D eigenvalue weighted by atomic mass is 16.5. The first-order chi connectivity index (χ1) is 8.60. The van der Waals surface area contributed by atoms with E-state index in [-0.39, 0.29) is 24.8 Å². The summed E-state index contributed by atoms with van der Waals surface area (Å²) in [5, 5.41) is 3.48. The summed E-state index contributed by atoms with van der Waals surface area (Å²) < 4.78 is 6.11. The summed E-state index contributed by atoms with van der Waals surface area (Å²) in [5.41, 5.74) is 7.82. The number of hydrogen-bond donors (Lipinski definition) is 0. The third-order valence-corrected chi connectivity index (χ3v) is 2.23. The van der Waals surface area contributed by atoms with E-state index in [2.05, 4.69) is 10.0 Å². The van der Waals surface area contributed by atoms with E-state index in [4.69, 9.17) is 10.3 Å². The van der Waals surface area contributed by atoms with Crippen LogP contribution in [0.5, 0.6) is 0 Å². The Labute approximate surface area is 104 Å². The molecule has 0 aliphatic heterocycles. The molecule has 1 rings (SSSR count). The van der Waals surface area contributed by atoms with Crippen molar-refractivity contribution in [1.29, 1.82) is 0 Å². The summed E-state index contributed by atoms with van der Waals surface area (Å²) in [5.74, 6) is -0.645. The van der Waals surface area contributed by atoms with Gasteiger partial charge in [0.2, 0.25) is 0 Å². The molecule has 0 aliphatic rings. The monoisotopic (exact) mass is 250 g/mol. The van der Waals surface area contributed by atoms with E-state index in [9.17, 15) is 9.59 Å². The SMILES string of the molecule is CCOC(=O)c1cccn(C[C@H](C)N=[N+]=[N-])c1=O.